The van der Waals surface area contributed by atoms with Crippen molar-refractivity contribution in [3.8, 4) is 0 Å². The molecule has 1 aliphatic carbocycles. The van der Waals surface area contributed by atoms with Gasteiger partial charge in [-0.1, -0.05) is 40.7 Å². The number of carbonyl (C=O) groups excluding carboxylic acids is 1. The quantitative estimate of drug-likeness (QED) is 0.829. The van der Waals surface area contributed by atoms with E-state index in [9.17, 15) is 4.79 Å². The summed E-state index contributed by atoms with van der Waals surface area (Å²) < 4.78 is 2.26. The second-order valence-electron chi connectivity index (χ2n) is 7.81. The molecule has 1 amide bonds. The van der Waals surface area contributed by atoms with Crippen molar-refractivity contribution < 1.29 is 4.79 Å². The summed E-state index contributed by atoms with van der Waals surface area (Å²) in [5.74, 6) is 1.56. The van der Waals surface area contributed by atoms with Crippen LogP contribution in [0.15, 0.2) is 18.2 Å². The number of nitrogens with one attached hydrogen (secondary N) is 1. The Morgan fingerprint density at radius 3 is 2.46 bits per heavy atom. The van der Waals surface area contributed by atoms with Crippen LogP contribution in [0, 0.1) is 11.8 Å². The van der Waals surface area contributed by atoms with E-state index < -0.39 is 0 Å². The van der Waals surface area contributed by atoms with Gasteiger partial charge in [0.15, 0.2) is 0 Å². The number of hydrogen-bond acceptors (Lipinski definition) is 2. The predicted molar refractivity (Wildman–Crippen MR) is 99.3 cm³/mol. The average Bonchev–Trinajstić information content (AvgIpc) is 2.82. The van der Waals surface area contributed by atoms with Crippen LogP contribution in [-0.4, -0.2) is 15.5 Å². The van der Waals surface area contributed by atoms with Gasteiger partial charge in [0.2, 0.25) is 11.9 Å². The monoisotopic (exact) mass is 327 g/mol. The predicted octanol–water partition coefficient (Wildman–Crippen LogP) is 5.12. The van der Waals surface area contributed by atoms with Gasteiger partial charge in [-0.2, -0.15) is 0 Å². The molecule has 3 rings (SSSR count). The summed E-state index contributed by atoms with van der Waals surface area (Å²) in [4.78, 5) is 17.3. The lowest BCUT2D eigenvalue weighted by atomic mass is 9.92. The Hall–Kier alpha value is -1.84. The number of rotatable bonds is 5. The first-order valence-corrected chi connectivity index (χ1v) is 9.21. The minimum atomic E-state index is -0.0223. The van der Waals surface area contributed by atoms with E-state index in [1.54, 1.807) is 0 Å². The van der Waals surface area contributed by atoms with E-state index >= 15 is 0 Å². The van der Waals surface area contributed by atoms with Crippen LogP contribution in [0.4, 0.5) is 5.95 Å². The molecule has 1 aromatic carbocycles. The smallest absolute Gasteiger partial charge is 0.229 e. The zero-order valence-electron chi connectivity index (χ0n) is 15.5. The van der Waals surface area contributed by atoms with Crippen LogP contribution in [0.5, 0.6) is 0 Å². The van der Waals surface area contributed by atoms with Gasteiger partial charge in [0.05, 0.1) is 11.0 Å². The molecule has 4 nitrogen and oxygen atoms in total. The number of fused-ring (bicyclic) bond motifs is 1. The lowest BCUT2D eigenvalue weighted by Gasteiger charge is -2.29. The highest BCUT2D eigenvalue weighted by Gasteiger charge is 2.27. The van der Waals surface area contributed by atoms with Crippen LogP contribution < -0.4 is 5.32 Å². The Bertz CT molecular complexity index is 741. The first kappa shape index (κ1) is 17.0. The second-order valence-corrected chi connectivity index (χ2v) is 7.81. The fraction of sp³-hybridized carbons (Fsp3) is 0.600. The van der Waals surface area contributed by atoms with Gasteiger partial charge in [-0.05, 0) is 48.8 Å². The van der Waals surface area contributed by atoms with Crippen molar-refractivity contribution in [3.05, 3.63) is 23.8 Å². The number of imidazole rings is 1. The third kappa shape index (κ3) is 3.06. The van der Waals surface area contributed by atoms with Crippen LogP contribution >= 0.6 is 0 Å². The van der Waals surface area contributed by atoms with E-state index in [0.717, 1.165) is 11.0 Å². The third-order valence-corrected chi connectivity index (χ3v) is 5.47. The number of anilines is 1. The fourth-order valence-electron chi connectivity index (χ4n) is 3.10. The van der Waals surface area contributed by atoms with Gasteiger partial charge < -0.3 is 4.57 Å². The molecule has 1 saturated carbocycles. The number of nitrogens with zero attached hydrogens (tertiary/aromatic N) is 2. The summed E-state index contributed by atoms with van der Waals surface area (Å²) in [5.41, 5.74) is 3.44. The first-order chi connectivity index (χ1) is 11.4. The maximum Gasteiger partial charge on any atom is 0.229 e. The minimum absolute atomic E-state index is 0.0223. The summed E-state index contributed by atoms with van der Waals surface area (Å²) >= 11 is 0. The minimum Gasteiger partial charge on any atom is -0.307 e. The zero-order valence-corrected chi connectivity index (χ0v) is 15.5. The highest BCUT2D eigenvalue weighted by Crippen LogP contribution is 2.38. The van der Waals surface area contributed by atoms with Crippen molar-refractivity contribution in [2.45, 2.75) is 65.8 Å². The molecule has 1 unspecified atom stereocenters. The van der Waals surface area contributed by atoms with E-state index in [-0.39, 0.29) is 11.8 Å². The second kappa shape index (κ2) is 6.58. The van der Waals surface area contributed by atoms with E-state index in [1.165, 1.54) is 24.8 Å². The molecule has 1 aromatic heterocycles. The Kier molecular flexibility index (Phi) is 4.66. The largest absolute Gasteiger partial charge is 0.307 e. The van der Waals surface area contributed by atoms with Gasteiger partial charge in [-0.3, -0.25) is 10.1 Å². The number of benzene rings is 1. The Balaban J connectivity index is 2.01. The summed E-state index contributed by atoms with van der Waals surface area (Å²) in [6.45, 7) is 10.5. The molecule has 4 heteroatoms. The molecule has 130 valence electrons. The molecule has 1 aliphatic rings. The van der Waals surface area contributed by atoms with Crippen LogP contribution in [-0.2, 0) is 4.79 Å². The molecule has 0 saturated heterocycles. The van der Waals surface area contributed by atoms with Crippen molar-refractivity contribution in [1.82, 2.24) is 9.55 Å². The lowest BCUT2D eigenvalue weighted by molar-refractivity contribution is -0.120. The fourth-order valence-corrected chi connectivity index (χ4v) is 3.10. The third-order valence-electron chi connectivity index (χ3n) is 5.47. The molecule has 24 heavy (non-hydrogen) atoms. The van der Waals surface area contributed by atoms with Crippen molar-refractivity contribution in [2.24, 2.45) is 11.8 Å². The number of hydrogen-bond donors (Lipinski definition) is 1. The summed E-state index contributed by atoms with van der Waals surface area (Å²) in [6.07, 6.45) is 3.59. The standard InChI is InChI=1S/C20H29N3O/c1-12(2)14(5)19(24)22-20-21-17-10-9-15(13(3)4)11-18(17)23(20)16-7-6-8-16/h9-14,16H,6-8H2,1-5H3,(H,21,22,24). The molecule has 2 aromatic rings. The highest BCUT2D eigenvalue weighted by atomic mass is 16.2. The number of aromatic nitrogens is 2. The number of amides is 1. The molecular formula is C20H29N3O. The van der Waals surface area contributed by atoms with Gasteiger partial charge in [0.25, 0.3) is 0 Å². The molecule has 0 spiro atoms. The van der Waals surface area contributed by atoms with E-state index in [1.807, 2.05) is 6.92 Å². The summed E-state index contributed by atoms with van der Waals surface area (Å²) in [6, 6.07) is 6.93. The van der Waals surface area contributed by atoms with Crippen LogP contribution in [0.25, 0.3) is 11.0 Å². The average molecular weight is 327 g/mol. The first-order valence-electron chi connectivity index (χ1n) is 9.21. The Morgan fingerprint density at radius 1 is 1.21 bits per heavy atom. The maximum atomic E-state index is 12.5. The van der Waals surface area contributed by atoms with Crippen LogP contribution in [0.3, 0.4) is 0 Å². The highest BCUT2D eigenvalue weighted by molar-refractivity contribution is 5.93. The molecule has 0 aliphatic heterocycles. The molecule has 1 N–H and O–H groups in total. The Morgan fingerprint density at radius 2 is 1.92 bits per heavy atom. The molecule has 1 fully saturated rings. The topological polar surface area (TPSA) is 46.9 Å². The van der Waals surface area contributed by atoms with E-state index in [4.69, 9.17) is 4.98 Å². The van der Waals surface area contributed by atoms with Gasteiger partial charge in [0.1, 0.15) is 0 Å². The van der Waals surface area contributed by atoms with Crippen LogP contribution in [0.1, 0.15) is 71.4 Å². The Labute approximate surface area is 144 Å². The maximum absolute atomic E-state index is 12.5. The van der Waals surface area contributed by atoms with Crippen molar-refractivity contribution >= 4 is 22.9 Å². The van der Waals surface area contributed by atoms with Crippen molar-refractivity contribution in [2.75, 3.05) is 5.32 Å². The molecule has 1 heterocycles. The molecular weight excluding hydrogens is 298 g/mol. The normalized spacial score (nSPS) is 16.6. The zero-order chi connectivity index (χ0) is 17.4. The van der Waals surface area contributed by atoms with Crippen molar-refractivity contribution in [3.63, 3.8) is 0 Å². The molecule has 0 radical (unpaired) electrons. The van der Waals surface area contributed by atoms with E-state index in [2.05, 4.69) is 55.8 Å². The van der Waals surface area contributed by atoms with Gasteiger partial charge in [-0.15, -0.1) is 0 Å². The van der Waals surface area contributed by atoms with Crippen molar-refractivity contribution in [1.29, 1.82) is 0 Å². The van der Waals surface area contributed by atoms with Gasteiger partial charge >= 0.3 is 0 Å². The molecule has 0 bridgehead atoms. The van der Waals surface area contributed by atoms with Crippen LogP contribution in [0.2, 0.25) is 0 Å². The lowest BCUT2D eigenvalue weighted by Crippen LogP contribution is -2.27. The van der Waals surface area contributed by atoms with E-state index in [0.29, 0.717) is 23.8 Å². The summed E-state index contributed by atoms with van der Waals surface area (Å²) in [7, 11) is 0. The number of carbonyl (C=O) groups is 1. The van der Waals surface area contributed by atoms with Gasteiger partial charge in [0, 0.05) is 12.0 Å². The summed E-state index contributed by atoms with van der Waals surface area (Å²) in [5, 5.41) is 3.09. The molecule has 1 atom stereocenters. The van der Waals surface area contributed by atoms with Gasteiger partial charge in [-0.25, -0.2) is 4.98 Å². The SMILES string of the molecule is CC(C)c1ccc2nc(NC(=O)C(C)C(C)C)n(C3CCC3)c2c1.